The zero-order valence-electron chi connectivity index (χ0n) is 12.3. The second-order valence-corrected chi connectivity index (χ2v) is 6.98. The lowest BCUT2D eigenvalue weighted by molar-refractivity contribution is -0.140. The van der Waals surface area contributed by atoms with Crippen molar-refractivity contribution >= 4 is 22.4 Å². The summed E-state index contributed by atoms with van der Waals surface area (Å²) in [5.41, 5.74) is -2.41. The predicted molar refractivity (Wildman–Crippen MR) is 78.1 cm³/mol. The highest BCUT2D eigenvalue weighted by Gasteiger charge is 2.39. The molecule has 1 aliphatic carbocycles. The van der Waals surface area contributed by atoms with Crippen LogP contribution in [0.1, 0.15) is 31.4 Å². The van der Waals surface area contributed by atoms with Crippen molar-refractivity contribution in [1.82, 2.24) is 10.3 Å². The highest BCUT2D eigenvalue weighted by molar-refractivity contribution is 7.13. The average Bonchev–Trinajstić information content (AvgIpc) is 3.21. The summed E-state index contributed by atoms with van der Waals surface area (Å²) in [5, 5.41) is 3.88. The molecule has 0 bridgehead atoms. The second-order valence-electron chi connectivity index (χ2n) is 6.14. The van der Waals surface area contributed by atoms with Gasteiger partial charge in [0.25, 0.3) is 0 Å². The van der Waals surface area contributed by atoms with Gasteiger partial charge in [-0.3, -0.25) is 4.79 Å². The SMILES string of the molecule is O=C(NCC1(F)CCN(c2nc(C(F)(F)F)cs2)CC1)C1CC1. The summed E-state index contributed by atoms with van der Waals surface area (Å²) < 4.78 is 52.4. The monoisotopic (exact) mass is 351 g/mol. The molecular weight excluding hydrogens is 334 g/mol. The molecule has 0 unspecified atom stereocenters. The Morgan fingerprint density at radius 2 is 2.04 bits per heavy atom. The second kappa shape index (κ2) is 5.92. The minimum Gasteiger partial charge on any atom is -0.353 e. The van der Waals surface area contributed by atoms with E-state index in [4.69, 9.17) is 0 Å². The maximum atomic E-state index is 14.7. The summed E-state index contributed by atoms with van der Waals surface area (Å²) in [6.45, 7) is 0.559. The number of piperidine rings is 1. The molecule has 3 rings (SSSR count). The van der Waals surface area contributed by atoms with Gasteiger partial charge in [-0.25, -0.2) is 9.37 Å². The fourth-order valence-electron chi connectivity index (χ4n) is 2.55. The highest BCUT2D eigenvalue weighted by atomic mass is 32.1. The number of thiazole rings is 1. The third-order valence-corrected chi connectivity index (χ3v) is 5.14. The van der Waals surface area contributed by atoms with Crippen LogP contribution in [-0.2, 0) is 11.0 Å². The van der Waals surface area contributed by atoms with E-state index in [0.717, 1.165) is 29.6 Å². The van der Waals surface area contributed by atoms with Gasteiger partial charge in [-0.2, -0.15) is 13.2 Å². The van der Waals surface area contributed by atoms with Gasteiger partial charge < -0.3 is 10.2 Å². The Balaban J connectivity index is 1.53. The molecule has 2 aliphatic rings. The number of hydrogen-bond acceptors (Lipinski definition) is 4. The van der Waals surface area contributed by atoms with E-state index >= 15 is 0 Å². The molecule has 0 radical (unpaired) electrons. The predicted octanol–water partition coefficient (Wildman–Crippen LogP) is 3.00. The summed E-state index contributed by atoms with van der Waals surface area (Å²) in [4.78, 5) is 16.8. The average molecular weight is 351 g/mol. The first-order valence-electron chi connectivity index (χ1n) is 7.51. The summed E-state index contributed by atoms with van der Waals surface area (Å²) >= 11 is 0.916. The standard InChI is InChI=1S/C14H17F4N3OS/c15-13(8-19-11(22)9-1-2-9)3-5-21(6-4-13)12-20-10(7-23-12)14(16,17)18/h7,9H,1-6,8H2,(H,19,22). The van der Waals surface area contributed by atoms with Crippen LogP contribution >= 0.6 is 11.3 Å². The van der Waals surface area contributed by atoms with Crippen LogP contribution in [0.25, 0.3) is 0 Å². The number of halogens is 4. The van der Waals surface area contributed by atoms with Gasteiger partial charge in [-0.1, -0.05) is 0 Å². The zero-order chi connectivity index (χ0) is 16.7. The van der Waals surface area contributed by atoms with Gasteiger partial charge in [0, 0.05) is 37.2 Å². The molecule has 1 aliphatic heterocycles. The maximum Gasteiger partial charge on any atom is 0.434 e. The van der Waals surface area contributed by atoms with Crippen LogP contribution in [-0.4, -0.2) is 36.2 Å². The first-order chi connectivity index (χ1) is 10.8. The van der Waals surface area contributed by atoms with Crippen LogP contribution < -0.4 is 10.2 Å². The number of amides is 1. The van der Waals surface area contributed by atoms with Crippen molar-refractivity contribution < 1.29 is 22.4 Å². The molecular formula is C14H17F4N3OS. The van der Waals surface area contributed by atoms with Gasteiger partial charge >= 0.3 is 6.18 Å². The molecule has 0 aromatic carbocycles. The molecule has 1 amide bonds. The summed E-state index contributed by atoms with van der Waals surface area (Å²) in [6, 6.07) is 0. The molecule has 2 fully saturated rings. The van der Waals surface area contributed by atoms with E-state index < -0.39 is 17.5 Å². The highest BCUT2D eigenvalue weighted by Crippen LogP contribution is 2.35. The minimum absolute atomic E-state index is 0.0259. The van der Waals surface area contributed by atoms with E-state index in [0.29, 0.717) is 13.1 Å². The molecule has 1 saturated carbocycles. The Morgan fingerprint density at radius 1 is 1.39 bits per heavy atom. The molecule has 128 valence electrons. The number of aromatic nitrogens is 1. The van der Waals surface area contributed by atoms with E-state index in [1.165, 1.54) is 0 Å². The Labute approximate surface area is 134 Å². The normalized spacial score (nSPS) is 21.3. The van der Waals surface area contributed by atoms with Crippen LogP contribution in [0.2, 0.25) is 0 Å². The van der Waals surface area contributed by atoms with Gasteiger partial charge in [0.2, 0.25) is 5.91 Å². The van der Waals surface area contributed by atoms with E-state index in [-0.39, 0.29) is 36.3 Å². The summed E-state index contributed by atoms with van der Waals surface area (Å²) in [5.74, 6) is -0.0611. The van der Waals surface area contributed by atoms with Crippen LogP contribution in [0.15, 0.2) is 5.38 Å². The Morgan fingerprint density at radius 3 is 2.57 bits per heavy atom. The molecule has 1 saturated heterocycles. The van der Waals surface area contributed by atoms with Crippen molar-refractivity contribution in [3.8, 4) is 0 Å². The molecule has 0 spiro atoms. The molecule has 1 aromatic heterocycles. The van der Waals surface area contributed by atoms with Crippen molar-refractivity contribution in [2.75, 3.05) is 24.5 Å². The lowest BCUT2D eigenvalue weighted by Crippen LogP contribution is -2.48. The first kappa shape index (κ1) is 16.5. The van der Waals surface area contributed by atoms with Gasteiger partial charge in [0.1, 0.15) is 5.67 Å². The first-order valence-corrected chi connectivity index (χ1v) is 8.39. The lowest BCUT2D eigenvalue weighted by Gasteiger charge is -2.36. The summed E-state index contributed by atoms with van der Waals surface area (Å²) in [7, 11) is 0. The number of nitrogens with one attached hydrogen (secondary N) is 1. The molecule has 23 heavy (non-hydrogen) atoms. The van der Waals surface area contributed by atoms with E-state index in [1.54, 1.807) is 4.90 Å². The van der Waals surface area contributed by atoms with E-state index in [2.05, 4.69) is 10.3 Å². The Bertz CT molecular complexity index is 577. The number of carbonyl (C=O) groups is 1. The number of rotatable bonds is 4. The van der Waals surface area contributed by atoms with Crippen molar-refractivity contribution in [3.63, 3.8) is 0 Å². The Kier molecular flexibility index (Phi) is 4.24. The van der Waals surface area contributed by atoms with Crippen molar-refractivity contribution in [2.45, 2.75) is 37.5 Å². The number of nitrogens with zero attached hydrogens (tertiary/aromatic N) is 2. The van der Waals surface area contributed by atoms with Crippen LogP contribution in [0.3, 0.4) is 0 Å². The van der Waals surface area contributed by atoms with Crippen molar-refractivity contribution in [3.05, 3.63) is 11.1 Å². The largest absolute Gasteiger partial charge is 0.434 e. The fraction of sp³-hybridized carbons (Fsp3) is 0.714. The topological polar surface area (TPSA) is 45.2 Å². The van der Waals surface area contributed by atoms with Gasteiger partial charge in [-0.15, -0.1) is 11.3 Å². The summed E-state index contributed by atoms with van der Waals surface area (Å²) in [6.07, 6.45) is -2.39. The van der Waals surface area contributed by atoms with Gasteiger partial charge in [0.05, 0.1) is 6.54 Å². The number of alkyl halides is 4. The van der Waals surface area contributed by atoms with Crippen LogP contribution in [0.5, 0.6) is 0 Å². The molecule has 9 heteroatoms. The fourth-order valence-corrected chi connectivity index (χ4v) is 3.44. The van der Waals surface area contributed by atoms with E-state index in [1.807, 2.05) is 0 Å². The van der Waals surface area contributed by atoms with Gasteiger partial charge in [-0.05, 0) is 12.8 Å². The molecule has 4 nitrogen and oxygen atoms in total. The third-order valence-electron chi connectivity index (χ3n) is 4.24. The van der Waals surface area contributed by atoms with Crippen molar-refractivity contribution in [2.24, 2.45) is 5.92 Å². The molecule has 2 heterocycles. The van der Waals surface area contributed by atoms with Gasteiger partial charge in [0.15, 0.2) is 10.8 Å². The third kappa shape index (κ3) is 3.94. The molecule has 1 N–H and O–H groups in total. The number of anilines is 1. The van der Waals surface area contributed by atoms with E-state index in [9.17, 15) is 22.4 Å². The van der Waals surface area contributed by atoms with Crippen LogP contribution in [0, 0.1) is 5.92 Å². The van der Waals surface area contributed by atoms with Crippen molar-refractivity contribution in [1.29, 1.82) is 0 Å². The zero-order valence-corrected chi connectivity index (χ0v) is 13.1. The van der Waals surface area contributed by atoms with Crippen LogP contribution in [0.4, 0.5) is 22.7 Å². The minimum atomic E-state index is -4.46. The smallest absolute Gasteiger partial charge is 0.353 e. The quantitative estimate of drug-likeness (QED) is 0.849. The Hall–Kier alpha value is -1.38. The number of hydrogen-bond donors (Lipinski definition) is 1. The number of carbonyl (C=O) groups excluding carboxylic acids is 1. The lowest BCUT2D eigenvalue weighted by atomic mass is 9.93. The molecule has 1 aromatic rings. The maximum absolute atomic E-state index is 14.7. The molecule has 0 atom stereocenters.